The molecule has 0 bridgehead atoms. The molecule has 15 N–H and O–H groups in total. The number of hydrogen-bond donors (Lipinski definition) is 14. The fraction of sp³-hybridized carbons (Fsp3) is 0.927. The Morgan fingerprint density at radius 2 is 0.606 bits per heavy atom. The molecule has 0 spiro atoms. The van der Waals surface area contributed by atoms with Crippen LogP contribution in [0.5, 0.6) is 0 Å². The zero-order valence-corrected chi connectivity index (χ0v) is 81.3. The Labute approximate surface area is 817 Å². The Hall–Kier alpha value is 5.71. The summed E-state index contributed by atoms with van der Waals surface area (Å²) in [5.74, 6) is -7.75. The first-order valence-electron chi connectivity index (χ1n) is 27.9. The SMILES string of the molecule is NCCCCCO[C@H]1O[C@H](CO)[C@@H](O[C@@H]2O[C@@H](C(=O)[O-])[C@@H](O[C@H]3O[C@H](CO)[C@@H](O[C@@H]4O[C@@H](C(=O)[O-])[C@@H](O[C@H]5O[C@H](CO)[C@@H](O[C@@H]6O[C@@H](C(=O)[O-])[C@@H](O)[C@H](O)[C@H]6OS(=O)(=O)[O-])[C@H](O)[C@H]5NS(=O)(=O)[O-])[C@H](O)[C@H]4OS(=O)(=O)[O-])[C@H](O)[C@H]3NS(=O)(=O)[O-])[C@H](O)[C@H]2OS(=O)(=O)[O-])[C@H](O)[C@H]1NS(=O)(=O)[O-].[Na+].[Na+].[Na+].[Na+].[Na+].[Na+].[Na+].[Na+].[Na+]. The number of aliphatic hydroxyl groups excluding tert-OH is 10. The van der Waals surface area contributed by atoms with E-state index in [1.807, 2.05) is 0 Å². The number of aliphatic hydroxyl groups is 10. The van der Waals surface area contributed by atoms with E-state index in [4.69, 9.17) is 62.6 Å². The van der Waals surface area contributed by atoms with Crippen molar-refractivity contribution in [1.29, 1.82) is 0 Å². The Morgan fingerprint density at radius 1 is 0.339 bits per heavy atom. The van der Waals surface area contributed by atoms with Crippen LogP contribution in [0.15, 0.2) is 0 Å². The van der Waals surface area contributed by atoms with Crippen LogP contribution in [0.1, 0.15) is 19.3 Å². The smallest absolute Gasteiger partial charge is 0.735 e. The molecule has 6 saturated heterocycles. The summed E-state index contributed by atoms with van der Waals surface area (Å²) < 4.78 is 298. The van der Waals surface area contributed by atoms with Crippen molar-refractivity contribution in [3.05, 3.63) is 0 Å². The molecule has 0 amide bonds. The van der Waals surface area contributed by atoms with Crippen molar-refractivity contribution in [2.24, 2.45) is 5.73 Å². The van der Waals surface area contributed by atoms with E-state index in [0.717, 1.165) is 9.44 Å². The molecule has 0 saturated carbocycles. The molecule has 109 heavy (non-hydrogen) atoms. The normalized spacial score (nSPS) is 37.2. The molecule has 53 nitrogen and oxygen atoms in total. The van der Waals surface area contributed by atoms with Gasteiger partial charge in [-0.3, -0.25) is 12.5 Å². The Bertz CT molecular complexity index is 3520. The van der Waals surface area contributed by atoms with E-state index in [-0.39, 0.29) is 286 Å². The van der Waals surface area contributed by atoms with Gasteiger partial charge in [0.15, 0.2) is 87.0 Å². The first-order valence-corrected chi connectivity index (χ1v) is 36.1. The number of nitrogens with two attached hydrogens (primary N) is 1. The van der Waals surface area contributed by atoms with Gasteiger partial charge in [0.05, 0.1) is 37.7 Å². The van der Waals surface area contributed by atoms with E-state index in [1.165, 1.54) is 4.72 Å². The molecular weight excluding hydrogens is 1730 g/mol. The predicted octanol–water partition coefficient (Wildman–Crippen LogP) is -48.0. The zero-order chi connectivity index (χ0) is 75.4. The third kappa shape index (κ3) is 35.2. The second-order valence-corrected chi connectivity index (χ2v) is 28.2. The maximum Gasteiger partial charge on any atom is 1.00 e. The zero-order valence-electron chi connectivity index (χ0n) is 58.4. The molecule has 6 aliphatic heterocycles. The van der Waals surface area contributed by atoms with Crippen molar-refractivity contribution in [3.63, 3.8) is 0 Å². The maximum atomic E-state index is 12.9. The van der Waals surface area contributed by atoms with Crippen LogP contribution >= 0.6 is 0 Å². The number of aliphatic carboxylic acids is 3. The molecule has 6 rings (SSSR count). The second-order valence-electron chi connectivity index (χ2n) is 21.8. The molecule has 0 unspecified atom stereocenters. The monoisotopic (exact) mass is 1790 g/mol. The van der Waals surface area contributed by atoms with Gasteiger partial charge in [-0.15, -0.1) is 0 Å². The van der Waals surface area contributed by atoms with E-state index in [9.17, 15) is 159 Å². The van der Waals surface area contributed by atoms with Crippen LogP contribution in [0.2, 0.25) is 0 Å². The van der Waals surface area contributed by atoms with Crippen molar-refractivity contribution < 1.29 is 494 Å². The van der Waals surface area contributed by atoms with Crippen molar-refractivity contribution >= 4 is 80.0 Å². The predicted molar refractivity (Wildman–Crippen MR) is 277 cm³/mol. The van der Waals surface area contributed by atoms with Gasteiger partial charge in [-0.05, 0) is 25.8 Å². The third-order valence-corrected chi connectivity index (χ3v) is 18.0. The van der Waals surface area contributed by atoms with Gasteiger partial charge in [0.2, 0.25) is 31.2 Å². The average Bonchev–Trinajstić information content (AvgIpc) is 0.763. The minimum Gasteiger partial charge on any atom is -0.735 e. The van der Waals surface area contributed by atoms with Gasteiger partial charge in [-0.1, -0.05) is 0 Å². The number of ether oxygens (including phenoxy) is 12. The van der Waals surface area contributed by atoms with Crippen molar-refractivity contribution in [3.8, 4) is 0 Å². The molecule has 0 aliphatic carbocycles. The fourth-order valence-electron chi connectivity index (χ4n) is 10.8. The summed E-state index contributed by atoms with van der Waals surface area (Å²) in [5, 5.41) is 147. The fourth-order valence-corrected chi connectivity index (χ4v) is 13.9. The van der Waals surface area contributed by atoms with E-state index < -0.39 is 284 Å². The van der Waals surface area contributed by atoms with E-state index >= 15 is 0 Å². The molecule has 584 valence electrons. The number of unbranched alkanes of at least 4 members (excludes halogenated alkanes) is 2. The molecule has 30 atom stereocenters. The molecule has 68 heteroatoms. The Kier molecular flexibility index (Phi) is 57.7. The van der Waals surface area contributed by atoms with Crippen LogP contribution < -0.4 is 301 Å². The molecule has 0 aromatic heterocycles. The quantitative estimate of drug-likeness (QED) is 0.0123. The number of hydrogen-bond acceptors (Lipinski definition) is 50. The van der Waals surface area contributed by atoms with Gasteiger partial charge in [0.1, 0.15) is 128 Å². The first-order chi connectivity index (χ1) is 46.0. The second kappa shape index (κ2) is 52.0. The molecule has 6 heterocycles. The summed E-state index contributed by atoms with van der Waals surface area (Å²) in [7, 11) is -36.7. The molecule has 0 radical (unpaired) electrons. The summed E-state index contributed by atoms with van der Waals surface area (Å²) in [4.78, 5) is 37.5. The topological polar surface area (TPSA) is 866 Å². The van der Waals surface area contributed by atoms with E-state index in [2.05, 4.69) is 12.5 Å². The Balaban J connectivity index is -0.00000612. The molecule has 0 aromatic carbocycles. The number of carboxylic acids is 3. The van der Waals surface area contributed by atoms with Gasteiger partial charge < -0.3 is 171 Å². The summed E-state index contributed by atoms with van der Waals surface area (Å²) >= 11 is 0. The van der Waals surface area contributed by atoms with Crippen molar-refractivity contribution in [1.82, 2.24) is 14.2 Å². The molecule has 6 aliphatic rings. The summed E-state index contributed by atoms with van der Waals surface area (Å²) in [6.07, 6.45) is -76.1. The van der Waals surface area contributed by atoms with Gasteiger partial charge in [-0.25, -0.2) is 64.7 Å². The van der Waals surface area contributed by atoms with Crippen LogP contribution in [0.4, 0.5) is 0 Å². The number of rotatable bonds is 34. The number of carbonyl (C=O) groups is 3. The summed E-state index contributed by atoms with van der Waals surface area (Å²) in [6.45, 7) is -4.75. The van der Waals surface area contributed by atoms with Gasteiger partial charge >= 0.3 is 266 Å². The Morgan fingerprint density at radius 3 is 0.872 bits per heavy atom. The van der Waals surface area contributed by atoms with Crippen LogP contribution in [0.3, 0.4) is 0 Å². The third-order valence-electron chi connectivity index (χ3n) is 15.0. The van der Waals surface area contributed by atoms with E-state index in [1.54, 1.807) is 0 Å². The number of carboxylic acid groups (broad SMARTS) is 3. The van der Waals surface area contributed by atoms with Crippen LogP contribution in [0.25, 0.3) is 0 Å². The standard InChI is InChI=1S/C41H70N4O49S6.9Na/c42-4-2-1-3-5-80-36-12(43-95(62,63)64)15(49)22(9(6-46)81-36)85-40-29(93-99(74,75)76)20(54)25(31(90-40)34(58)59)88-38-14(45-97(68,69)70)17(51)24(11(8-48)83-38)86-41-30(94-100(77,78)79)21(55)26(32(91-41)35(60)61)87-37-13(44-96(65,66)67)16(50)23(10(7-47)82-37)84-39-28(92-98(71,72)73)19(53)18(52)27(89-39)33(56)57;;;;;;;;;/h9-32,36-41,43-55H,1-8,42H2,(H,56,57)(H,58,59)(H,60,61)(H,62,63,64)(H,65,66,67)(H,68,69,70)(H,71,72,73)(H,74,75,76)(H,77,78,79);;;;;;;;;/q;9*+1/p-9/t9-,10-,11-,12-,13-,14-,15-,16-,17-,18+,19+,20+,21+,22-,23-,24-,25+,26+,27-,28-,29-,30-,31-,32-,36+,37-,38-,39-,40-,41-;;;;;;;;;/m1........./s1. The minimum atomic E-state index is -6.43. The van der Waals surface area contributed by atoms with Crippen LogP contribution in [0, 0.1) is 0 Å². The molecule has 6 fully saturated rings. The minimum absolute atomic E-state index is 0. The summed E-state index contributed by atoms with van der Waals surface area (Å²) in [5.41, 5.74) is 5.45. The molecular formula is C41H61N4Na9O49S6. The maximum absolute atomic E-state index is 12.9. The largest absolute Gasteiger partial charge is 1.00 e. The van der Waals surface area contributed by atoms with Crippen molar-refractivity contribution in [2.45, 2.75) is 203 Å². The van der Waals surface area contributed by atoms with Gasteiger partial charge in [0, 0.05) is 6.61 Å². The van der Waals surface area contributed by atoms with Crippen LogP contribution in [-0.2, 0) is 146 Å². The number of nitrogens with one attached hydrogen (secondary N) is 3. The van der Waals surface area contributed by atoms with Crippen molar-refractivity contribution in [2.75, 3.05) is 33.0 Å². The first kappa shape index (κ1) is 121. The van der Waals surface area contributed by atoms with Gasteiger partial charge in [0.25, 0.3) is 0 Å². The summed E-state index contributed by atoms with van der Waals surface area (Å²) in [6, 6.07) is -8.20. The van der Waals surface area contributed by atoms with E-state index in [0.29, 0.717) is 12.8 Å². The average molecular weight is 1790 g/mol. The van der Waals surface area contributed by atoms with Gasteiger partial charge in [-0.2, -0.15) is 0 Å². The van der Waals surface area contributed by atoms with Crippen LogP contribution in [-0.4, -0.2) is 364 Å². The number of carbonyl (C=O) groups excluding carboxylic acids is 3. The molecule has 0 aromatic rings.